The number of amides is 1. The standard InChI is InChI=1S/C21H19F3N4O4/c1-13(27-31-12-14-4-3-5-17(10-14)30-2)11-25-19(29)16-8-6-15(7-9-16)18-26-20(32-28-18)21(22,23)24/h3-10H,11-12H2,1-2H3,(H,25,29). The Morgan fingerprint density at radius 1 is 1.19 bits per heavy atom. The molecule has 11 heteroatoms. The van der Waals surface area contributed by atoms with Gasteiger partial charge in [-0.1, -0.05) is 34.6 Å². The lowest BCUT2D eigenvalue weighted by Crippen LogP contribution is -2.28. The van der Waals surface area contributed by atoms with Gasteiger partial charge in [-0.3, -0.25) is 4.79 Å². The molecule has 0 radical (unpaired) electrons. The molecule has 3 aromatic rings. The number of nitrogens with one attached hydrogen (secondary N) is 1. The van der Waals surface area contributed by atoms with E-state index in [9.17, 15) is 18.0 Å². The molecule has 3 rings (SSSR count). The number of carbonyl (C=O) groups is 1. The van der Waals surface area contributed by atoms with E-state index in [1.165, 1.54) is 24.3 Å². The molecule has 168 valence electrons. The monoisotopic (exact) mass is 448 g/mol. The number of hydrogen-bond donors (Lipinski definition) is 1. The Morgan fingerprint density at radius 3 is 2.59 bits per heavy atom. The molecule has 1 aromatic heterocycles. The number of halogens is 3. The van der Waals surface area contributed by atoms with Crippen molar-refractivity contribution in [2.24, 2.45) is 5.16 Å². The van der Waals surface area contributed by atoms with Crippen molar-refractivity contribution in [2.75, 3.05) is 13.7 Å². The number of benzene rings is 2. The zero-order valence-corrected chi connectivity index (χ0v) is 17.1. The lowest BCUT2D eigenvalue weighted by atomic mass is 10.1. The third-order valence-electron chi connectivity index (χ3n) is 4.16. The molecule has 0 aliphatic heterocycles. The normalized spacial score (nSPS) is 11.8. The Hall–Kier alpha value is -3.89. The minimum atomic E-state index is -4.72. The Morgan fingerprint density at radius 2 is 1.94 bits per heavy atom. The molecule has 0 fully saturated rings. The van der Waals surface area contributed by atoms with Gasteiger partial charge in [-0.25, -0.2) is 0 Å². The van der Waals surface area contributed by atoms with Crippen LogP contribution in [0.3, 0.4) is 0 Å². The van der Waals surface area contributed by atoms with Crippen LogP contribution in [0.4, 0.5) is 13.2 Å². The highest BCUT2D eigenvalue weighted by Gasteiger charge is 2.38. The quantitative estimate of drug-likeness (QED) is 0.412. The third-order valence-corrected chi connectivity index (χ3v) is 4.16. The average molecular weight is 448 g/mol. The topological polar surface area (TPSA) is 98.8 Å². The Bertz CT molecular complexity index is 1090. The maximum atomic E-state index is 12.6. The molecule has 32 heavy (non-hydrogen) atoms. The van der Waals surface area contributed by atoms with Crippen molar-refractivity contribution in [3.63, 3.8) is 0 Å². The van der Waals surface area contributed by atoms with Crippen LogP contribution in [0, 0.1) is 0 Å². The molecule has 8 nitrogen and oxygen atoms in total. The van der Waals surface area contributed by atoms with Gasteiger partial charge < -0.3 is 19.4 Å². The van der Waals surface area contributed by atoms with Gasteiger partial charge in [0.1, 0.15) is 12.4 Å². The molecule has 0 bridgehead atoms. The lowest BCUT2D eigenvalue weighted by Gasteiger charge is -2.06. The molecule has 0 unspecified atom stereocenters. The summed E-state index contributed by atoms with van der Waals surface area (Å²) < 4.78 is 47.0. The second-order valence-electron chi connectivity index (χ2n) is 6.63. The number of carbonyl (C=O) groups excluding carboxylic acids is 1. The summed E-state index contributed by atoms with van der Waals surface area (Å²) in [5.74, 6) is -1.33. The summed E-state index contributed by atoms with van der Waals surface area (Å²) in [6, 6.07) is 13.1. The van der Waals surface area contributed by atoms with Crippen LogP contribution in [0.1, 0.15) is 28.7 Å². The second-order valence-corrected chi connectivity index (χ2v) is 6.63. The zero-order chi connectivity index (χ0) is 23.1. The van der Waals surface area contributed by atoms with Crippen LogP contribution in [0.5, 0.6) is 5.75 Å². The van der Waals surface area contributed by atoms with E-state index < -0.39 is 12.1 Å². The summed E-state index contributed by atoms with van der Waals surface area (Å²) in [5, 5.41) is 9.94. The van der Waals surface area contributed by atoms with Gasteiger partial charge in [-0.2, -0.15) is 18.2 Å². The van der Waals surface area contributed by atoms with Crippen molar-refractivity contribution in [1.82, 2.24) is 15.5 Å². The number of ether oxygens (including phenoxy) is 1. The minimum absolute atomic E-state index is 0.151. The number of oxime groups is 1. The smallest absolute Gasteiger partial charge is 0.471 e. The van der Waals surface area contributed by atoms with E-state index in [0.29, 0.717) is 17.0 Å². The van der Waals surface area contributed by atoms with E-state index in [4.69, 9.17) is 9.57 Å². The fourth-order valence-electron chi connectivity index (χ4n) is 2.55. The highest BCUT2D eigenvalue weighted by atomic mass is 19.4. The van der Waals surface area contributed by atoms with Gasteiger partial charge in [0.25, 0.3) is 5.91 Å². The van der Waals surface area contributed by atoms with Crippen LogP contribution in [-0.2, 0) is 17.6 Å². The van der Waals surface area contributed by atoms with Gasteiger partial charge in [0.05, 0.1) is 19.4 Å². The van der Waals surface area contributed by atoms with Crippen molar-refractivity contribution < 1.29 is 32.1 Å². The molecule has 0 saturated carbocycles. The number of alkyl halides is 3. The predicted octanol–water partition coefficient (Wildman–Crippen LogP) is 4.09. The van der Waals surface area contributed by atoms with E-state index in [2.05, 4.69) is 25.1 Å². The van der Waals surface area contributed by atoms with E-state index in [-0.39, 0.29) is 30.4 Å². The summed E-state index contributed by atoms with van der Waals surface area (Å²) in [6.45, 7) is 2.10. The maximum Gasteiger partial charge on any atom is 0.471 e. The number of methoxy groups -OCH3 is 1. The summed E-state index contributed by atoms with van der Waals surface area (Å²) >= 11 is 0. The Labute approximate surface area is 181 Å². The first kappa shape index (κ1) is 22.8. The van der Waals surface area contributed by atoms with Crippen molar-refractivity contribution in [3.05, 3.63) is 65.5 Å². The lowest BCUT2D eigenvalue weighted by molar-refractivity contribution is -0.159. The van der Waals surface area contributed by atoms with Gasteiger partial charge >= 0.3 is 12.1 Å². The van der Waals surface area contributed by atoms with Crippen LogP contribution in [0.15, 0.2) is 58.2 Å². The summed E-state index contributed by atoms with van der Waals surface area (Å²) in [6.07, 6.45) is -4.72. The first-order valence-electron chi connectivity index (χ1n) is 9.34. The van der Waals surface area contributed by atoms with Gasteiger partial charge in [0, 0.05) is 11.1 Å². The average Bonchev–Trinajstić information content (AvgIpc) is 3.29. The zero-order valence-electron chi connectivity index (χ0n) is 17.1. The number of rotatable bonds is 8. The van der Waals surface area contributed by atoms with E-state index in [1.54, 1.807) is 14.0 Å². The van der Waals surface area contributed by atoms with E-state index in [0.717, 1.165) is 5.56 Å². The molecule has 0 aliphatic carbocycles. The molecule has 1 N–H and O–H groups in total. The first-order valence-corrected chi connectivity index (χ1v) is 9.34. The molecule has 1 amide bonds. The maximum absolute atomic E-state index is 12.6. The largest absolute Gasteiger partial charge is 0.497 e. The number of hydrogen-bond acceptors (Lipinski definition) is 7. The minimum Gasteiger partial charge on any atom is -0.497 e. The van der Waals surface area contributed by atoms with Gasteiger partial charge in [-0.15, -0.1) is 0 Å². The highest BCUT2D eigenvalue weighted by molar-refractivity contribution is 5.97. The third kappa shape index (κ3) is 6.06. The fraction of sp³-hybridized carbons (Fsp3) is 0.238. The predicted molar refractivity (Wildman–Crippen MR) is 108 cm³/mol. The number of nitrogens with zero attached hydrogens (tertiary/aromatic N) is 3. The molecule has 0 aliphatic rings. The van der Waals surface area contributed by atoms with Crippen LogP contribution < -0.4 is 10.1 Å². The molecule has 1 heterocycles. The number of aromatic nitrogens is 2. The van der Waals surface area contributed by atoms with E-state index in [1.807, 2.05) is 24.3 Å². The fourth-order valence-corrected chi connectivity index (χ4v) is 2.55. The summed E-state index contributed by atoms with van der Waals surface area (Å²) in [7, 11) is 1.58. The molecule has 0 spiro atoms. The van der Waals surface area contributed by atoms with Gasteiger partial charge in [0.15, 0.2) is 0 Å². The summed E-state index contributed by atoms with van der Waals surface area (Å²) in [5.41, 5.74) is 2.01. The van der Waals surface area contributed by atoms with Crippen LogP contribution in [0.2, 0.25) is 0 Å². The molecule has 0 saturated heterocycles. The van der Waals surface area contributed by atoms with Crippen molar-refractivity contribution >= 4 is 11.6 Å². The molecule has 0 atom stereocenters. The molecular formula is C21H19F3N4O4. The first-order chi connectivity index (χ1) is 15.3. The Kier molecular flexibility index (Phi) is 7.08. The van der Waals surface area contributed by atoms with Crippen LogP contribution in [-0.4, -0.2) is 35.4 Å². The molecule has 2 aromatic carbocycles. The SMILES string of the molecule is COc1cccc(CON=C(C)CNC(=O)c2ccc(-c3noc(C(F)(F)F)n3)cc2)c1. The van der Waals surface area contributed by atoms with Crippen LogP contribution in [0.25, 0.3) is 11.4 Å². The summed E-state index contributed by atoms with van der Waals surface area (Å²) in [4.78, 5) is 20.9. The van der Waals surface area contributed by atoms with Crippen LogP contribution >= 0.6 is 0 Å². The van der Waals surface area contributed by atoms with Crippen molar-refractivity contribution in [1.29, 1.82) is 0 Å². The second kappa shape index (κ2) is 9.94. The van der Waals surface area contributed by atoms with Crippen molar-refractivity contribution in [3.8, 4) is 17.1 Å². The van der Waals surface area contributed by atoms with Gasteiger partial charge in [0.2, 0.25) is 5.82 Å². The Balaban J connectivity index is 1.51. The highest BCUT2D eigenvalue weighted by Crippen LogP contribution is 2.29. The van der Waals surface area contributed by atoms with Gasteiger partial charge in [-0.05, 0) is 36.8 Å². The van der Waals surface area contributed by atoms with Crippen molar-refractivity contribution in [2.45, 2.75) is 19.7 Å². The van der Waals surface area contributed by atoms with E-state index >= 15 is 0 Å². The molecular weight excluding hydrogens is 429 g/mol.